The molecule has 0 fully saturated rings. The quantitative estimate of drug-likeness (QED) is 0.0375. The summed E-state index contributed by atoms with van der Waals surface area (Å²) in [4.78, 5) is 12.6. The summed E-state index contributed by atoms with van der Waals surface area (Å²) in [6.07, 6.45) is 19.6. The summed E-state index contributed by atoms with van der Waals surface area (Å²) >= 11 is 0. The molecular weight excluding hydrogens is 649 g/mol. The van der Waals surface area contributed by atoms with Crippen LogP contribution < -0.4 is 15.7 Å². The van der Waals surface area contributed by atoms with E-state index in [9.17, 15) is 23.1 Å². The largest absolute Gasteiger partial charge is 0.481 e. The van der Waals surface area contributed by atoms with Crippen LogP contribution in [0.2, 0.25) is 0 Å². The number of aliphatic carboxylic acids is 1. The lowest BCUT2D eigenvalue weighted by Gasteiger charge is -2.21. The Morgan fingerprint density at radius 3 is 1.75 bits per heavy atom. The van der Waals surface area contributed by atoms with E-state index in [4.69, 9.17) is 10.2 Å². The van der Waals surface area contributed by atoms with Crippen LogP contribution in [-0.2, 0) is 17.4 Å². The van der Waals surface area contributed by atoms with Crippen LogP contribution in [0.5, 0.6) is 0 Å². The smallest absolute Gasteiger partial charge is 0.417 e. The Balaban J connectivity index is 1.71. The van der Waals surface area contributed by atoms with Gasteiger partial charge in [-0.15, -0.1) is 0 Å². The van der Waals surface area contributed by atoms with Crippen LogP contribution in [0, 0.1) is 5.92 Å². The van der Waals surface area contributed by atoms with E-state index in [0.29, 0.717) is 23.3 Å². The fourth-order valence-corrected chi connectivity index (χ4v) is 7.32. The van der Waals surface area contributed by atoms with Gasteiger partial charge in [-0.3, -0.25) is 4.79 Å². The number of halogens is 3. The van der Waals surface area contributed by atoms with E-state index in [1.54, 1.807) is 0 Å². The number of carboxylic acid groups (broad SMARTS) is 1. The van der Waals surface area contributed by atoms with Gasteiger partial charge >= 0.3 is 12.1 Å². The van der Waals surface area contributed by atoms with Crippen LogP contribution in [0.3, 0.4) is 0 Å². The molecule has 0 bridgehead atoms. The monoisotopic (exact) mass is 716 g/mol. The molecule has 1 heterocycles. The van der Waals surface area contributed by atoms with Crippen LogP contribution in [0.1, 0.15) is 167 Å². The summed E-state index contributed by atoms with van der Waals surface area (Å²) in [6, 6.07) is 8.01. The molecule has 1 aromatic carbocycles. The molecule has 0 amide bonds. The van der Waals surface area contributed by atoms with Crippen molar-refractivity contribution in [1.29, 1.82) is 0 Å². The van der Waals surface area contributed by atoms with Crippen molar-refractivity contribution in [3.8, 4) is 11.3 Å². The molecule has 51 heavy (non-hydrogen) atoms. The molecule has 1 aliphatic heterocycles. The Kier molecular flexibility index (Phi) is 19.0. The van der Waals surface area contributed by atoms with Gasteiger partial charge in [0.1, 0.15) is 24.4 Å². The molecule has 0 spiro atoms. The molecule has 3 rings (SSSR count). The minimum absolute atomic E-state index is 0.0147. The number of carbonyl (C=O) groups is 1. The summed E-state index contributed by atoms with van der Waals surface area (Å²) < 4.78 is 51.9. The van der Waals surface area contributed by atoms with E-state index >= 15 is 0 Å². The zero-order valence-corrected chi connectivity index (χ0v) is 31.9. The topological polar surface area (TPSA) is 79.5 Å². The normalized spacial score (nSPS) is 12.6. The second kappa shape index (κ2) is 22.8. The van der Waals surface area contributed by atoms with Crippen molar-refractivity contribution < 1.29 is 27.5 Å². The van der Waals surface area contributed by atoms with Crippen molar-refractivity contribution in [1.82, 2.24) is 4.58 Å². The molecular formula is C43H66F3N2O3+. The van der Waals surface area contributed by atoms with E-state index in [1.165, 1.54) is 83.1 Å². The predicted octanol–water partition coefficient (Wildman–Crippen LogP) is 12.4. The number of carboxylic acids is 1. The zero-order valence-electron chi connectivity index (χ0n) is 31.9. The van der Waals surface area contributed by atoms with E-state index in [-0.39, 0.29) is 23.1 Å². The lowest BCUT2D eigenvalue weighted by atomic mass is 9.87. The summed E-state index contributed by atoms with van der Waals surface area (Å²) in [6.45, 7) is 8.29. The third kappa shape index (κ3) is 14.1. The van der Waals surface area contributed by atoms with Gasteiger partial charge in [-0.2, -0.15) is 13.2 Å². The molecule has 0 saturated heterocycles. The fraction of sp³-hybridized carbons (Fsp3) is 0.674. The first kappa shape index (κ1) is 42.4. The van der Waals surface area contributed by atoms with Gasteiger partial charge in [-0.1, -0.05) is 136 Å². The number of hydrogen-bond donors (Lipinski definition) is 2. The molecule has 1 aliphatic carbocycles. The number of benzene rings is 2. The average Bonchev–Trinajstić information content (AvgIpc) is 3.09. The second-order valence-corrected chi connectivity index (χ2v) is 14.7. The van der Waals surface area contributed by atoms with Gasteiger partial charge in [-0.05, 0) is 30.5 Å². The molecule has 1 aromatic rings. The van der Waals surface area contributed by atoms with Gasteiger partial charge in [0.2, 0.25) is 5.36 Å². The van der Waals surface area contributed by atoms with Gasteiger partial charge in [-0.25, -0.2) is 4.58 Å². The van der Waals surface area contributed by atoms with Crippen molar-refractivity contribution in [3.63, 3.8) is 0 Å². The highest BCUT2D eigenvalue weighted by Gasteiger charge is 2.36. The van der Waals surface area contributed by atoms with E-state index in [0.717, 1.165) is 75.9 Å². The molecule has 5 nitrogen and oxygen atoms in total. The summed E-state index contributed by atoms with van der Waals surface area (Å²) in [7, 11) is 0. The van der Waals surface area contributed by atoms with Crippen molar-refractivity contribution in [2.75, 3.05) is 18.8 Å². The van der Waals surface area contributed by atoms with Gasteiger partial charge in [0.15, 0.2) is 0 Å². The molecule has 2 aliphatic rings. The number of nitrogen functional groups attached to an aromatic ring is 1. The molecule has 0 radical (unpaired) electrons. The Morgan fingerprint density at radius 1 is 0.745 bits per heavy atom. The Hall–Kier alpha value is -3.03. The molecule has 0 aromatic heterocycles. The number of anilines is 1. The lowest BCUT2D eigenvalue weighted by molar-refractivity contribution is -0.142. The molecule has 286 valence electrons. The van der Waals surface area contributed by atoms with Gasteiger partial charge < -0.3 is 15.3 Å². The van der Waals surface area contributed by atoms with Crippen LogP contribution in [0.4, 0.5) is 18.9 Å². The zero-order chi connectivity index (χ0) is 37.1. The fourth-order valence-electron chi connectivity index (χ4n) is 7.32. The molecule has 1 unspecified atom stereocenters. The van der Waals surface area contributed by atoms with Crippen LogP contribution in [0.15, 0.2) is 34.7 Å². The first-order valence-corrected chi connectivity index (χ1v) is 20.3. The number of nitrogens with two attached hydrogens (primary N) is 1. The maximum atomic E-state index is 14.5. The van der Waals surface area contributed by atoms with Crippen molar-refractivity contribution >= 4 is 22.6 Å². The number of fused-ring (bicyclic) bond motifs is 2. The van der Waals surface area contributed by atoms with Crippen LogP contribution in [0.25, 0.3) is 22.3 Å². The van der Waals surface area contributed by atoms with Crippen LogP contribution >= 0.6 is 0 Å². The van der Waals surface area contributed by atoms with E-state index < -0.39 is 23.6 Å². The summed E-state index contributed by atoms with van der Waals surface area (Å²) in [5.74, 6) is -1.35. The predicted molar refractivity (Wildman–Crippen MR) is 206 cm³/mol. The molecule has 1 atom stereocenters. The van der Waals surface area contributed by atoms with Gasteiger partial charge in [0.25, 0.3) is 0 Å². The van der Waals surface area contributed by atoms with Crippen molar-refractivity contribution in [2.24, 2.45) is 5.92 Å². The summed E-state index contributed by atoms with van der Waals surface area (Å²) in [5, 5.41) is 11.1. The maximum absolute atomic E-state index is 14.5. The number of hydrogen-bond acceptors (Lipinski definition) is 3. The van der Waals surface area contributed by atoms with E-state index in [2.05, 4.69) is 25.3 Å². The van der Waals surface area contributed by atoms with Crippen LogP contribution in [-0.4, -0.2) is 24.2 Å². The van der Waals surface area contributed by atoms with Gasteiger partial charge in [0, 0.05) is 41.6 Å². The molecule has 0 saturated carbocycles. The number of nitrogens with zero attached hydrogens (tertiary/aromatic N) is 1. The Labute approximate surface area is 305 Å². The van der Waals surface area contributed by atoms with Gasteiger partial charge in [0.05, 0.1) is 17.5 Å². The molecule has 8 heteroatoms. The Morgan fingerprint density at radius 2 is 1.25 bits per heavy atom. The summed E-state index contributed by atoms with van der Waals surface area (Å²) in [5.41, 5.74) is 5.94. The lowest BCUT2D eigenvalue weighted by Crippen LogP contribution is -2.32. The highest BCUT2D eigenvalue weighted by molar-refractivity contribution is 5.93. The minimum atomic E-state index is -4.69. The van der Waals surface area contributed by atoms with Crippen molar-refractivity contribution in [2.45, 2.75) is 168 Å². The average molecular weight is 716 g/mol. The first-order valence-electron chi connectivity index (χ1n) is 20.3. The van der Waals surface area contributed by atoms with E-state index in [1.807, 2.05) is 18.2 Å². The standard InChI is InChI=1S/C43H65F3N2O3/c1-4-7-10-11-12-13-14-15-16-17-18-19-20-21-22-23-24-33(42(49)50)29-37-36-26-25-35(48(27-8-5-2)28-9-6-3)32-39(36)51-40-31-34(47)30-38(41(37)40)43(44,45)46/h25-26,30-33,47H,4-24,27-29H2,1-3H3,(H,49,50)/p+1. The Bertz CT molecular complexity index is 1490. The first-order chi connectivity index (χ1) is 24.6. The van der Waals surface area contributed by atoms with Crippen molar-refractivity contribution in [3.05, 3.63) is 46.8 Å². The number of rotatable bonds is 26. The highest BCUT2D eigenvalue weighted by Crippen LogP contribution is 2.43. The third-order valence-corrected chi connectivity index (χ3v) is 10.4. The third-order valence-electron chi connectivity index (χ3n) is 10.4. The highest BCUT2D eigenvalue weighted by atomic mass is 19.4. The second-order valence-electron chi connectivity index (χ2n) is 14.7. The minimum Gasteiger partial charge on any atom is -0.481 e. The molecule has 3 N–H and O–H groups in total. The maximum Gasteiger partial charge on any atom is 0.417 e. The number of alkyl halides is 3. The SMILES string of the molecule is CCCCCCCCCCCCCCCCCCC(Cc1c2ccc(=[N+](CCCC)CCCC)cc-2oc2cc(N)cc(C(F)(F)F)c12)C(=O)O. The number of unbranched alkanes of at least 4 members (excludes halogenated alkanes) is 17.